The Kier molecular flexibility index (Phi) is 7.41. The molecule has 0 spiro atoms. The van der Waals surface area contributed by atoms with E-state index in [0.717, 1.165) is 31.5 Å². The van der Waals surface area contributed by atoms with Crippen molar-refractivity contribution in [3.63, 3.8) is 0 Å². The topological polar surface area (TPSA) is 23.5 Å². The van der Waals surface area contributed by atoms with Crippen LogP contribution in [0.5, 0.6) is 0 Å². The third-order valence-electron chi connectivity index (χ3n) is 4.26. The predicted octanol–water partition coefficient (Wildman–Crippen LogP) is 4.48. The van der Waals surface area contributed by atoms with Crippen molar-refractivity contribution in [2.24, 2.45) is 5.92 Å². The molecule has 0 heterocycles. The molecule has 0 radical (unpaired) electrons. The maximum atomic E-state index is 10.7. The molecule has 1 aromatic carbocycles. The molecule has 0 amide bonds. The molecule has 2 nitrogen and oxygen atoms in total. The van der Waals surface area contributed by atoms with Crippen molar-refractivity contribution in [3.05, 3.63) is 34.9 Å². The summed E-state index contributed by atoms with van der Waals surface area (Å²) in [5, 5.41) is 10.7. The summed E-state index contributed by atoms with van der Waals surface area (Å²) < 4.78 is 0. The van der Waals surface area contributed by atoms with Gasteiger partial charge in [-0.25, -0.2) is 0 Å². The van der Waals surface area contributed by atoms with Crippen LogP contribution >= 0.6 is 0 Å². The van der Waals surface area contributed by atoms with Crippen molar-refractivity contribution in [2.75, 3.05) is 13.1 Å². The first-order valence-electron chi connectivity index (χ1n) is 8.38. The highest BCUT2D eigenvalue weighted by Gasteiger charge is 2.21. The zero-order valence-corrected chi connectivity index (χ0v) is 14.7. The van der Waals surface area contributed by atoms with Crippen LogP contribution in [0.2, 0.25) is 0 Å². The van der Waals surface area contributed by atoms with Gasteiger partial charge >= 0.3 is 0 Å². The van der Waals surface area contributed by atoms with E-state index in [1.807, 2.05) is 0 Å². The molecule has 1 N–H and O–H groups in total. The van der Waals surface area contributed by atoms with Crippen LogP contribution < -0.4 is 0 Å². The van der Waals surface area contributed by atoms with Gasteiger partial charge in [-0.15, -0.1) is 0 Å². The summed E-state index contributed by atoms with van der Waals surface area (Å²) >= 11 is 0. The molecule has 120 valence electrons. The second-order valence-corrected chi connectivity index (χ2v) is 6.69. The maximum Gasteiger partial charge on any atom is 0.0919 e. The first-order chi connectivity index (χ1) is 9.88. The summed E-state index contributed by atoms with van der Waals surface area (Å²) in [6.45, 7) is 14.9. The highest BCUT2D eigenvalue weighted by molar-refractivity contribution is 5.32. The van der Waals surface area contributed by atoms with E-state index >= 15 is 0 Å². The summed E-state index contributed by atoms with van der Waals surface area (Å²) in [5.41, 5.74) is 3.48. The molecule has 21 heavy (non-hydrogen) atoms. The van der Waals surface area contributed by atoms with E-state index in [4.69, 9.17) is 0 Å². The number of aryl methyl sites for hydroxylation is 2. The quantitative estimate of drug-likeness (QED) is 0.763. The van der Waals surface area contributed by atoms with Crippen LogP contribution in [0.3, 0.4) is 0 Å². The number of hydrogen-bond acceptors (Lipinski definition) is 2. The first kappa shape index (κ1) is 18.2. The van der Waals surface area contributed by atoms with Crippen LogP contribution in [0.25, 0.3) is 0 Å². The third kappa shape index (κ3) is 5.44. The minimum absolute atomic E-state index is 0.399. The molecule has 0 aromatic heterocycles. The van der Waals surface area contributed by atoms with E-state index in [-0.39, 0.29) is 0 Å². The van der Waals surface area contributed by atoms with Gasteiger partial charge in [-0.1, -0.05) is 51.5 Å². The fourth-order valence-corrected chi connectivity index (χ4v) is 3.09. The minimum atomic E-state index is -0.399. The van der Waals surface area contributed by atoms with Crippen molar-refractivity contribution < 1.29 is 5.11 Å². The fourth-order valence-electron chi connectivity index (χ4n) is 3.09. The third-order valence-corrected chi connectivity index (χ3v) is 4.26. The Bertz CT molecular complexity index is 424. The fraction of sp³-hybridized carbons (Fsp3) is 0.684. The first-order valence-corrected chi connectivity index (χ1v) is 8.38. The smallest absolute Gasteiger partial charge is 0.0919 e. The van der Waals surface area contributed by atoms with Gasteiger partial charge in [-0.05, 0) is 43.7 Å². The van der Waals surface area contributed by atoms with E-state index in [2.05, 4.69) is 64.6 Å². The van der Waals surface area contributed by atoms with Crippen molar-refractivity contribution in [2.45, 2.75) is 66.5 Å². The summed E-state index contributed by atoms with van der Waals surface area (Å²) in [6, 6.07) is 6.91. The monoisotopic (exact) mass is 291 g/mol. The molecule has 1 rings (SSSR count). The Hall–Kier alpha value is -0.860. The number of aliphatic hydroxyl groups excluding tert-OH is 1. The van der Waals surface area contributed by atoms with Crippen molar-refractivity contribution in [3.8, 4) is 0 Å². The Morgan fingerprint density at radius 2 is 1.67 bits per heavy atom. The lowest BCUT2D eigenvalue weighted by molar-refractivity contribution is 0.0747. The molecule has 0 saturated carbocycles. The molecule has 2 heteroatoms. The van der Waals surface area contributed by atoms with Gasteiger partial charge in [-0.3, -0.25) is 4.90 Å². The average molecular weight is 291 g/mol. The lowest BCUT2D eigenvalue weighted by Gasteiger charge is -2.34. The second kappa shape index (κ2) is 8.55. The number of aliphatic hydroxyl groups is 1. The predicted molar refractivity (Wildman–Crippen MR) is 91.7 cm³/mol. The lowest BCUT2D eigenvalue weighted by Crippen LogP contribution is -2.40. The average Bonchev–Trinajstić information content (AvgIpc) is 2.42. The summed E-state index contributed by atoms with van der Waals surface area (Å²) in [5.74, 6) is 0.622. The van der Waals surface area contributed by atoms with E-state index in [1.165, 1.54) is 11.1 Å². The molecule has 0 aliphatic carbocycles. The van der Waals surface area contributed by atoms with Crippen LogP contribution in [-0.2, 0) is 0 Å². The van der Waals surface area contributed by atoms with E-state index in [9.17, 15) is 5.11 Å². The SMILES string of the molecule is CCC(CC)N(CC(C)C)CC(O)c1cc(C)ccc1C. The van der Waals surface area contributed by atoms with Crippen molar-refractivity contribution >= 4 is 0 Å². The molecule has 1 unspecified atom stereocenters. The molecule has 0 fully saturated rings. The molecular weight excluding hydrogens is 258 g/mol. The van der Waals surface area contributed by atoms with E-state index in [1.54, 1.807) is 0 Å². The second-order valence-electron chi connectivity index (χ2n) is 6.69. The Labute approximate surface area is 131 Å². The highest BCUT2D eigenvalue weighted by atomic mass is 16.3. The van der Waals surface area contributed by atoms with Gasteiger partial charge in [0.05, 0.1) is 6.10 Å². The zero-order valence-electron chi connectivity index (χ0n) is 14.7. The number of hydrogen-bond donors (Lipinski definition) is 1. The van der Waals surface area contributed by atoms with Gasteiger partial charge in [0, 0.05) is 19.1 Å². The van der Waals surface area contributed by atoms with E-state index in [0.29, 0.717) is 12.0 Å². The van der Waals surface area contributed by atoms with Gasteiger partial charge in [0.25, 0.3) is 0 Å². The number of nitrogens with zero attached hydrogens (tertiary/aromatic N) is 1. The molecule has 0 bridgehead atoms. The summed E-state index contributed by atoms with van der Waals surface area (Å²) in [6.07, 6.45) is 1.88. The zero-order chi connectivity index (χ0) is 16.0. The highest BCUT2D eigenvalue weighted by Crippen LogP contribution is 2.22. The number of benzene rings is 1. The summed E-state index contributed by atoms with van der Waals surface area (Å²) in [4.78, 5) is 2.47. The minimum Gasteiger partial charge on any atom is -0.387 e. The Balaban J connectivity index is 2.88. The van der Waals surface area contributed by atoms with E-state index < -0.39 is 6.10 Å². The van der Waals surface area contributed by atoms with Crippen LogP contribution in [0.1, 0.15) is 63.3 Å². The van der Waals surface area contributed by atoms with Crippen molar-refractivity contribution in [1.82, 2.24) is 4.90 Å². The van der Waals surface area contributed by atoms with Gasteiger partial charge in [0.15, 0.2) is 0 Å². The molecule has 1 atom stereocenters. The Morgan fingerprint density at radius 1 is 1.05 bits per heavy atom. The number of rotatable bonds is 8. The molecule has 1 aromatic rings. The van der Waals surface area contributed by atoms with Gasteiger partial charge < -0.3 is 5.11 Å². The molecule has 0 saturated heterocycles. The van der Waals surface area contributed by atoms with Gasteiger partial charge in [0.1, 0.15) is 0 Å². The van der Waals surface area contributed by atoms with Crippen LogP contribution in [0.4, 0.5) is 0 Å². The van der Waals surface area contributed by atoms with Crippen LogP contribution in [0.15, 0.2) is 18.2 Å². The van der Waals surface area contributed by atoms with Crippen LogP contribution in [0, 0.1) is 19.8 Å². The van der Waals surface area contributed by atoms with Gasteiger partial charge in [-0.2, -0.15) is 0 Å². The maximum absolute atomic E-state index is 10.7. The molecule has 0 aliphatic heterocycles. The molecule has 0 aliphatic rings. The molecular formula is C19H33NO. The normalized spacial score (nSPS) is 13.4. The van der Waals surface area contributed by atoms with Crippen LogP contribution in [-0.4, -0.2) is 29.1 Å². The largest absolute Gasteiger partial charge is 0.387 e. The summed E-state index contributed by atoms with van der Waals surface area (Å²) in [7, 11) is 0. The Morgan fingerprint density at radius 3 is 2.19 bits per heavy atom. The standard InChI is InChI=1S/C19H33NO/c1-7-17(8-2)20(12-14(3)4)13-19(21)18-11-15(5)9-10-16(18)6/h9-11,14,17,19,21H,7-8,12-13H2,1-6H3. The van der Waals surface area contributed by atoms with Gasteiger partial charge in [0.2, 0.25) is 0 Å². The van der Waals surface area contributed by atoms with Crippen molar-refractivity contribution in [1.29, 1.82) is 0 Å². The lowest BCUT2D eigenvalue weighted by atomic mass is 9.99.